The van der Waals surface area contributed by atoms with Gasteiger partial charge in [-0.05, 0) is 0 Å². The lowest BCUT2D eigenvalue weighted by molar-refractivity contribution is -0.132. The topological polar surface area (TPSA) is 59.4 Å². The summed E-state index contributed by atoms with van der Waals surface area (Å²) >= 11 is 0. The second kappa shape index (κ2) is 7.25. The maximum absolute atomic E-state index is 11.8. The van der Waals surface area contributed by atoms with Gasteiger partial charge in [0.1, 0.15) is 0 Å². The molecule has 5 heteroatoms. The molecule has 0 aromatic rings. The summed E-state index contributed by atoms with van der Waals surface area (Å²) in [6.45, 7) is 8.65. The number of hydrogen-bond donors (Lipinski definition) is 1. The van der Waals surface area contributed by atoms with E-state index < -0.39 is 0 Å². The molecule has 0 aromatic heterocycles. The lowest BCUT2D eigenvalue weighted by Gasteiger charge is -2.34. The van der Waals surface area contributed by atoms with E-state index in [2.05, 4.69) is 16.3 Å². The summed E-state index contributed by atoms with van der Waals surface area (Å²) in [7, 11) is 0. The van der Waals surface area contributed by atoms with Crippen molar-refractivity contribution in [2.75, 3.05) is 39.3 Å². The second-order valence-corrected chi connectivity index (χ2v) is 4.67. The van der Waals surface area contributed by atoms with Crippen LogP contribution in [0.1, 0.15) is 20.3 Å². The van der Waals surface area contributed by atoms with E-state index in [0.29, 0.717) is 19.0 Å². The van der Waals surface area contributed by atoms with Gasteiger partial charge in [-0.3, -0.25) is 9.69 Å². The quantitative estimate of drug-likeness (QED) is 0.735. The molecule has 17 heavy (non-hydrogen) atoms. The van der Waals surface area contributed by atoms with Crippen LogP contribution < -0.4 is 5.32 Å². The molecule has 0 atom stereocenters. The highest BCUT2D eigenvalue weighted by atomic mass is 16.2. The minimum Gasteiger partial charge on any atom is -0.339 e. The Hall–Kier alpha value is -1.12. The van der Waals surface area contributed by atoms with Crippen molar-refractivity contribution >= 4 is 5.91 Å². The number of rotatable bonds is 5. The number of nitrogens with zero attached hydrogens (tertiary/aromatic N) is 3. The molecular weight excluding hydrogens is 216 g/mol. The van der Waals surface area contributed by atoms with Crippen molar-refractivity contribution in [1.82, 2.24) is 15.1 Å². The Labute approximate surface area is 103 Å². The van der Waals surface area contributed by atoms with Crippen LogP contribution in [0.2, 0.25) is 0 Å². The molecule has 0 bridgehead atoms. The van der Waals surface area contributed by atoms with E-state index in [1.54, 1.807) is 0 Å². The molecule has 0 unspecified atom stereocenters. The summed E-state index contributed by atoms with van der Waals surface area (Å²) in [5.74, 6) is 0.179. The third-order valence-corrected chi connectivity index (χ3v) is 2.93. The van der Waals surface area contributed by atoms with Crippen LogP contribution in [0.15, 0.2) is 0 Å². The van der Waals surface area contributed by atoms with Crippen molar-refractivity contribution < 1.29 is 4.79 Å². The highest BCUT2D eigenvalue weighted by Gasteiger charge is 2.20. The van der Waals surface area contributed by atoms with Crippen molar-refractivity contribution in [1.29, 1.82) is 5.26 Å². The number of hydrogen-bond acceptors (Lipinski definition) is 4. The molecule has 0 aromatic carbocycles. The van der Waals surface area contributed by atoms with Crippen LogP contribution in [0.3, 0.4) is 0 Å². The SMILES string of the molecule is CC(C)NCC(=O)N1CCN(CCC#N)CC1. The maximum Gasteiger partial charge on any atom is 0.236 e. The highest BCUT2D eigenvalue weighted by Crippen LogP contribution is 2.02. The molecule has 0 spiro atoms. The Morgan fingerprint density at radius 2 is 2.00 bits per heavy atom. The number of amides is 1. The summed E-state index contributed by atoms with van der Waals surface area (Å²) in [5.41, 5.74) is 0. The Balaban J connectivity index is 2.22. The van der Waals surface area contributed by atoms with E-state index in [1.165, 1.54) is 0 Å². The molecule has 5 nitrogen and oxygen atoms in total. The molecule has 1 N–H and O–H groups in total. The van der Waals surface area contributed by atoms with E-state index in [4.69, 9.17) is 5.26 Å². The smallest absolute Gasteiger partial charge is 0.236 e. The molecule has 1 rings (SSSR count). The average molecular weight is 238 g/mol. The Kier molecular flexibility index (Phi) is 5.95. The van der Waals surface area contributed by atoms with Crippen molar-refractivity contribution in [2.45, 2.75) is 26.3 Å². The van der Waals surface area contributed by atoms with Gasteiger partial charge in [-0.2, -0.15) is 5.26 Å². The fourth-order valence-corrected chi connectivity index (χ4v) is 1.83. The second-order valence-electron chi connectivity index (χ2n) is 4.67. The third kappa shape index (κ3) is 5.16. The zero-order valence-electron chi connectivity index (χ0n) is 10.8. The lowest BCUT2D eigenvalue weighted by Crippen LogP contribution is -2.51. The molecule has 1 aliphatic heterocycles. The minimum absolute atomic E-state index is 0.179. The summed E-state index contributed by atoms with van der Waals surface area (Å²) in [6.07, 6.45) is 0.572. The van der Waals surface area contributed by atoms with Crippen molar-refractivity contribution in [3.05, 3.63) is 0 Å². The number of piperazine rings is 1. The van der Waals surface area contributed by atoms with Crippen LogP contribution >= 0.6 is 0 Å². The van der Waals surface area contributed by atoms with Gasteiger partial charge in [0, 0.05) is 45.2 Å². The molecule has 1 fully saturated rings. The monoisotopic (exact) mass is 238 g/mol. The van der Waals surface area contributed by atoms with Gasteiger partial charge < -0.3 is 10.2 Å². The van der Waals surface area contributed by atoms with Crippen LogP contribution in [0.4, 0.5) is 0 Å². The first-order valence-electron chi connectivity index (χ1n) is 6.24. The molecule has 0 saturated carbocycles. The average Bonchev–Trinajstić information content (AvgIpc) is 2.34. The Bertz CT molecular complexity index is 277. The normalized spacial score (nSPS) is 17.2. The van der Waals surface area contributed by atoms with Gasteiger partial charge in [0.25, 0.3) is 0 Å². The molecule has 1 saturated heterocycles. The standard InChI is InChI=1S/C12H22N4O/c1-11(2)14-10-12(17)16-8-6-15(7-9-16)5-3-4-13/h11,14H,3,5-10H2,1-2H3. The predicted octanol–water partition coefficient (Wildman–Crippen LogP) is 0.0423. The Morgan fingerprint density at radius 3 is 2.53 bits per heavy atom. The van der Waals surface area contributed by atoms with E-state index in [0.717, 1.165) is 32.7 Å². The third-order valence-electron chi connectivity index (χ3n) is 2.93. The van der Waals surface area contributed by atoms with Gasteiger partial charge in [0.15, 0.2) is 0 Å². The van der Waals surface area contributed by atoms with E-state index in [9.17, 15) is 4.79 Å². The van der Waals surface area contributed by atoms with Crippen molar-refractivity contribution in [2.24, 2.45) is 0 Å². The zero-order chi connectivity index (χ0) is 12.7. The first kappa shape index (κ1) is 13.9. The minimum atomic E-state index is 0.179. The van der Waals surface area contributed by atoms with Crippen LogP contribution in [0.5, 0.6) is 0 Å². The fourth-order valence-electron chi connectivity index (χ4n) is 1.83. The van der Waals surface area contributed by atoms with Crippen molar-refractivity contribution in [3.63, 3.8) is 0 Å². The molecule has 0 aliphatic carbocycles. The van der Waals surface area contributed by atoms with Gasteiger partial charge in [0.05, 0.1) is 12.6 Å². The fraction of sp³-hybridized carbons (Fsp3) is 0.833. The molecule has 1 amide bonds. The summed E-state index contributed by atoms with van der Waals surface area (Å²) < 4.78 is 0. The molecule has 96 valence electrons. The molecule has 1 aliphatic rings. The zero-order valence-corrected chi connectivity index (χ0v) is 10.8. The van der Waals surface area contributed by atoms with Crippen LogP contribution in [-0.2, 0) is 4.79 Å². The maximum atomic E-state index is 11.8. The van der Waals surface area contributed by atoms with Crippen LogP contribution in [0, 0.1) is 11.3 Å². The summed E-state index contributed by atoms with van der Waals surface area (Å²) in [6, 6.07) is 2.49. The molecule has 0 radical (unpaired) electrons. The molecular formula is C12H22N4O. The van der Waals surface area contributed by atoms with E-state index in [1.807, 2.05) is 18.7 Å². The predicted molar refractivity (Wildman–Crippen MR) is 66.4 cm³/mol. The van der Waals surface area contributed by atoms with Crippen LogP contribution in [-0.4, -0.2) is 61.0 Å². The summed E-state index contributed by atoms with van der Waals surface area (Å²) in [4.78, 5) is 16.0. The van der Waals surface area contributed by atoms with Gasteiger partial charge in [-0.1, -0.05) is 13.8 Å². The first-order chi connectivity index (χ1) is 8.13. The number of nitrogens with one attached hydrogen (secondary N) is 1. The highest BCUT2D eigenvalue weighted by molar-refractivity contribution is 5.78. The largest absolute Gasteiger partial charge is 0.339 e. The van der Waals surface area contributed by atoms with Gasteiger partial charge in [-0.15, -0.1) is 0 Å². The summed E-state index contributed by atoms with van der Waals surface area (Å²) in [5, 5.41) is 11.6. The Morgan fingerprint density at radius 1 is 1.35 bits per heavy atom. The molecule has 1 heterocycles. The van der Waals surface area contributed by atoms with Crippen molar-refractivity contribution in [3.8, 4) is 6.07 Å². The van der Waals surface area contributed by atoms with E-state index >= 15 is 0 Å². The van der Waals surface area contributed by atoms with Crippen LogP contribution in [0.25, 0.3) is 0 Å². The number of carbonyl (C=O) groups is 1. The van der Waals surface area contributed by atoms with Gasteiger partial charge in [0.2, 0.25) is 5.91 Å². The van der Waals surface area contributed by atoms with Gasteiger partial charge in [-0.25, -0.2) is 0 Å². The first-order valence-corrected chi connectivity index (χ1v) is 6.24. The number of nitriles is 1. The van der Waals surface area contributed by atoms with E-state index in [-0.39, 0.29) is 5.91 Å². The lowest BCUT2D eigenvalue weighted by atomic mass is 10.3. The van der Waals surface area contributed by atoms with Gasteiger partial charge >= 0.3 is 0 Å². The number of carbonyl (C=O) groups excluding carboxylic acids is 1.